The molecular formula is C24H24N2O2. The van der Waals surface area contributed by atoms with Gasteiger partial charge in [-0.05, 0) is 17.2 Å². The largest absolute Gasteiger partial charge is 0.493 e. The SMILES string of the molecule is COc1cccc(CC2=NC(c3ccccc3)C(c3ccccc3)N2)c1OC. The van der Waals surface area contributed by atoms with Gasteiger partial charge in [0.1, 0.15) is 11.9 Å². The molecule has 0 amide bonds. The molecule has 1 aliphatic rings. The van der Waals surface area contributed by atoms with Crippen molar-refractivity contribution in [3.63, 3.8) is 0 Å². The molecule has 0 fully saturated rings. The van der Waals surface area contributed by atoms with E-state index in [1.165, 1.54) is 11.1 Å². The lowest BCUT2D eigenvalue weighted by atomic mass is 9.95. The van der Waals surface area contributed by atoms with Crippen LogP contribution in [0.1, 0.15) is 28.8 Å². The number of amidine groups is 1. The summed E-state index contributed by atoms with van der Waals surface area (Å²) < 4.78 is 11.0. The maximum Gasteiger partial charge on any atom is 0.164 e. The first-order valence-corrected chi connectivity index (χ1v) is 9.43. The van der Waals surface area contributed by atoms with Crippen LogP contribution in [0.3, 0.4) is 0 Å². The minimum absolute atomic E-state index is 0.0372. The molecule has 3 aromatic carbocycles. The van der Waals surface area contributed by atoms with Gasteiger partial charge in [0.2, 0.25) is 0 Å². The Labute approximate surface area is 165 Å². The van der Waals surface area contributed by atoms with E-state index in [1.807, 2.05) is 24.3 Å². The smallest absolute Gasteiger partial charge is 0.164 e. The van der Waals surface area contributed by atoms with Crippen LogP contribution in [0.25, 0.3) is 0 Å². The van der Waals surface area contributed by atoms with Crippen molar-refractivity contribution in [1.82, 2.24) is 5.32 Å². The van der Waals surface area contributed by atoms with Gasteiger partial charge in [0, 0.05) is 12.0 Å². The van der Waals surface area contributed by atoms with Crippen molar-refractivity contribution in [3.8, 4) is 11.5 Å². The van der Waals surface area contributed by atoms with Gasteiger partial charge in [-0.3, -0.25) is 4.99 Å². The number of nitrogens with zero attached hydrogens (tertiary/aromatic N) is 1. The molecule has 1 heterocycles. The first-order valence-electron chi connectivity index (χ1n) is 9.43. The van der Waals surface area contributed by atoms with Gasteiger partial charge >= 0.3 is 0 Å². The summed E-state index contributed by atoms with van der Waals surface area (Å²) in [5, 5.41) is 3.65. The van der Waals surface area contributed by atoms with Gasteiger partial charge in [-0.1, -0.05) is 72.8 Å². The van der Waals surface area contributed by atoms with Crippen LogP contribution in [-0.4, -0.2) is 20.1 Å². The minimum Gasteiger partial charge on any atom is -0.493 e. The summed E-state index contributed by atoms with van der Waals surface area (Å²) in [6, 6.07) is 27.0. The second kappa shape index (κ2) is 8.17. The third-order valence-corrected chi connectivity index (χ3v) is 5.07. The third kappa shape index (κ3) is 3.58. The van der Waals surface area contributed by atoms with Gasteiger partial charge in [-0.25, -0.2) is 0 Å². The lowest BCUT2D eigenvalue weighted by Crippen LogP contribution is -2.25. The fourth-order valence-corrected chi connectivity index (χ4v) is 3.75. The number of aliphatic imine (C=N–C) groups is 1. The number of benzene rings is 3. The zero-order valence-electron chi connectivity index (χ0n) is 16.1. The van der Waals surface area contributed by atoms with Gasteiger partial charge < -0.3 is 14.8 Å². The topological polar surface area (TPSA) is 42.8 Å². The van der Waals surface area contributed by atoms with Gasteiger partial charge in [0.25, 0.3) is 0 Å². The summed E-state index contributed by atoms with van der Waals surface area (Å²) in [5.41, 5.74) is 3.48. The highest BCUT2D eigenvalue weighted by Crippen LogP contribution is 2.37. The molecule has 142 valence electrons. The molecule has 4 heteroatoms. The normalized spacial score (nSPS) is 18.3. The molecule has 4 rings (SSSR count). The van der Waals surface area contributed by atoms with Crippen LogP contribution in [0.2, 0.25) is 0 Å². The Kier molecular flexibility index (Phi) is 5.29. The quantitative estimate of drug-likeness (QED) is 0.680. The first-order chi connectivity index (χ1) is 13.8. The van der Waals surface area contributed by atoms with E-state index in [9.17, 15) is 0 Å². The molecule has 1 aliphatic heterocycles. The van der Waals surface area contributed by atoms with E-state index in [1.54, 1.807) is 14.2 Å². The predicted molar refractivity (Wildman–Crippen MR) is 112 cm³/mol. The lowest BCUT2D eigenvalue weighted by molar-refractivity contribution is 0.352. The maximum atomic E-state index is 5.59. The van der Waals surface area contributed by atoms with Crippen molar-refractivity contribution in [2.24, 2.45) is 4.99 Å². The number of ether oxygens (including phenoxy) is 2. The molecule has 2 unspecified atom stereocenters. The molecule has 0 saturated carbocycles. The summed E-state index contributed by atoms with van der Waals surface area (Å²) in [6.07, 6.45) is 0.660. The van der Waals surface area contributed by atoms with Gasteiger partial charge in [0.05, 0.1) is 20.3 Å². The van der Waals surface area contributed by atoms with Crippen LogP contribution in [-0.2, 0) is 6.42 Å². The molecule has 0 spiro atoms. The zero-order chi connectivity index (χ0) is 19.3. The third-order valence-electron chi connectivity index (χ3n) is 5.07. The van der Waals surface area contributed by atoms with Crippen molar-refractivity contribution in [2.75, 3.05) is 14.2 Å². The fraction of sp³-hybridized carbons (Fsp3) is 0.208. The molecule has 4 nitrogen and oxygen atoms in total. The van der Waals surface area contributed by atoms with Crippen molar-refractivity contribution in [3.05, 3.63) is 95.6 Å². The van der Waals surface area contributed by atoms with Crippen LogP contribution in [0.4, 0.5) is 0 Å². The Hall–Kier alpha value is -3.27. The first kappa shape index (κ1) is 18.1. The van der Waals surface area contributed by atoms with E-state index in [0.29, 0.717) is 6.42 Å². The highest BCUT2D eigenvalue weighted by Gasteiger charge is 2.31. The summed E-state index contributed by atoms with van der Waals surface area (Å²) in [5.74, 6) is 2.45. The molecule has 0 aromatic heterocycles. The van der Waals surface area contributed by atoms with E-state index >= 15 is 0 Å². The Morgan fingerprint density at radius 2 is 1.46 bits per heavy atom. The molecule has 28 heavy (non-hydrogen) atoms. The highest BCUT2D eigenvalue weighted by atomic mass is 16.5. The fourth-order valence-electron chi connectivity index (χ4n) is 3.75. The molecule has 3 aromatic rings. The maximum absolute atomic E-state index is 5.59. The van der Waals surface area contributed by atoms with E-state index < -0.39 is 0 Å². The Morgan fingerprint density at radius 1 is 0.786 bits per heavy atom. The molecule has 0 aliphatic carbocycles. The lowest BCUT2D eigenvalue weighted by Gasteiger charge is -2.20. The second-order valence-electron chi connectivity index (χ2n) is 6.79. The summed E-state index contributed by atoms with van der Waals surface area (Å²) in [7, 11) is 3.33. The Bertz CT molecular complexity index is 955. The van der Waals surface area contributed by atoms with Crippen LogP contribution in [0.15, 0.2) is 83.9 Å². The Morgan fingerprint density at radius 3 is 2.11 bits per heavy atom. The Balaban J connectivity index is 1.67. The number of rotatable bonds is 6. The van der Waals surface area contributed by atoms with E-state index in [4.69, 9.17) is 14.5 Å². The molecule has 1 N–H and O–H groups in total. The van der Waals surface area contributed by atoms with E-state index in [2.05, 4.69) is 59.9 Å². The molecule has 0 bridgehead atoms. The number of para-hydroxylation sites is 1. The van der Waals surface area contributed by atoms with Crippen LogP contribution in [0.5, 0.6) is 11.5 Å². The average molecular weight is 372 g/mol. The van der Waals surface area contributed by atoms with Crippen molar-refractivity contribution in [1.29, 1.82) is 0 Å². The van der Waals surface area contributed by atoms with Crippen LogP contribution < -0.4 is 14.8 Å². The van der Waals surface area contributed by atoms with Crippen LogP contribution in [0, 0.1) is 0 Å². The summed E-state index contributed by atoms with van der Waals surface area (Å²) in [6.45, 7) is 0. The molecule has 0 radical (unpaired) electrons. The summed E-state index contributed by atoms with van der Waals surface area (Å²) >= 11 is 0. The number of hydrogen-bond acceptors (Lipinski definition) is 4. The van der Waals surface area contributed by atoms with Gasteiger partial charge in [-0.15, -0.1) is 0 Å². The molecular weight excluding hydrogens is 348 g/mol. The van der Waals surface area contributed by atoms with Crippen LogP contribution >= 0.6 is 0 Å². The average Bonchev–Trinajstić information content (AvgIpc) is 3.18. The van der Waals surface area contributed by atoms with Gasteiger partial charge in [-0.2, -0.15) is 0 Å². The van der Waals surface area contributed by atoms with Gasteiger partial charge in [0.15, 0.2) is 11.5 Å². The zero-order valence-corrected chi connectivity index (χ0v) is 16.1. The summed E-state index contributed by atoms with van der Waals surface area (Å²) in [4.78, 5) is 5.05. The molecule has 2 atom stereocenters. The minimum atomic E-state index is 0.0372. The van der Waals surface area contributed by atoms with Crippen molar-refractivity contribution in [2.45, 2.75) is 18.5 Å². The highest BCUT2D eigenvalue weighted by molar-refractivity contribution is 5.87. The predicted octanol–water partition coefficient (Wildman–Crippen LogP) is 4.73. The van der Waals surface area contributed by atoms with E-state index in [-0.39, 0.29) is 12.1 Å². The van der Waals surface area contributed by atoms with Crippen molar-refractivity contribution < 1.29 is 9.47 Å². The second-order valence-corrected chi connectivity index (χ2v) is 6.79. The van der Waals surface area contributed by atoms with E-state index in [0.717, 1.165) is 22.9 Å². The number of hydrogen-bond donors (Lipinski definition) is 1. The van der Waals surface area contributed by atoms with Crippen molar-refractivity contribution >= 4 is 5.84 Å². The number of nitrogens with one attached hydrogen (secondary N) is 1. The monoisotopic (exact) mass is 372 g/mol. The molecule has 0 saturated heterocycles. The number of methoxy groups -OCH3 is 2. The standard InChI is InChI=1S/C24H24N2O2/c1-27-20-15-9-14-19(24(20)28-2)16-21-25-22(17-10-5-3-6-11-17)23(26-21)18-12-7-4-8-13-18/h3-15,22-23H,16H2,1-2H3,(H,25,26).